The van der Waals surface area contributed by atoms with Crippen molar-refractivity contribution in [2.24, 2.45) is 28.1 Å². The summed E-state index contributed by atoms with van der Waals surface area (Å²) in [5, 5.41) is 50.9. The molecule has 20 nitrogen and oxygen atoms in total. The number of aliphatic imine (C=N–C) groups is 1. The van der Waals surface area contributed by atoms with Gasteiger partial charge in [-0.25, -0.2) is 4.79 Å². The van der Waals surface area contributed by atoms with E-state index in [4.69, 9.17) is 22.3 Å². The van der Waals surface area contributed by atoms with E-state index in [-0.39, 0.29) is 37.5 Å². The Morgan fingerprint density at radius 3 is 1.74 bits per heavy atom. The number of phenolic OH excluding ortho intramolecular Hbond substituents is 1. The van der Waals surface area contributed by atoms with Crippen LogP contribution in [0.5, 0.6) is 5.75 Å². The molecule has 0 spiro atoms. The summed E-state index contributed by atoms with van der Waals surface area (Å²) < 4.78 is 0. The van der Waals surface area contributed by atoms with Gasteiger partial charge >= 0.3 is 11.9 Å². The number of nitrogens with zero attached hydrogens (tertiary/aromatic N) is 1. The second-order valence-electron chi connectivity index (χ2n) is 13.7. The molecule has 0 heterocycles. The van der Waals surface area contributed by atoms with E-state index in [0.717, 1.165) is 0 Å². The van der Waals surface area contributed by atoms with E-state index in [0.29, 0.717) is 24.0 Å². The molecule has 0 radical (unpaired) electrons. The zero-order valence-electron chi connectivity index (χ0n) is 32.4. The number of aliphatic hydroxyl groups excluding tert-OH is 1. The summed E-state index contributed by atoms with van der Waals surface area (Å²) in [5.41, 5.74) is 17.6. The van der Waals surface area contributed by atoms with Gasteiger partial charge in [-0.3, -0.25) is 33.8 Å². The standard InChI is InChI=1S/C38H55N9O11/c1-3-21(2)31(36(56)45-27(19-23-11-13-24(49)14-12-23)33(53)43-26(37(57)58)15-16-30(50)51)47-34(54)28(18-22-8-5-4-6-9-22)44-35(55)29(20-48)46-32(52)25(39)10-7-17-42-38(40)41/h4-6,8-9,11-14,21,25-29,31,48-49H,3,7,10,15-20,39H2,1-2H3,(H,43,53)(H,44,55)(H,45,56)(H,46,52)(H,47,54)(H,50,51)(H,57,58)(H4,40,41,42)/t21-,25-,26-,27-,28-,29-,31-/m0/s1. The highest BCUT2D eigenvalue weighted by atomic mass is 16.4. The van der Waals surface area contributed by atoms with Gasteiger partial charge in [0.1, 0.15) is 36.0 Å². The molecule has 0 unspecified atom stereocenters. The van der Waals surface area contributed by atoms with Crippen LogP contribution in [0.2, 0.25) is 0 Å². The summed E-state index contributed by atoms with van der Waals surface area (Å²) in [6.45, 7) is 2.78. The van der Waals surface area contributed by atoms with Crippen molar-refractivity contribution >= 4 is 47.4 Å². The molecule has 5 amide bonds. The predicted molar refractivity (Wildman–Crippen MR) is 211 cm³/mol. The van der Waals surface area contributed by atoms with Gasteiger partial charge in [0, 0.05) is 25.8 Å². The van der Waals surface area contributed by atoms with Crippen molar-refractivity contribution in [3.8, 4) is 5.75 Å². The number of aliphatic hydroxyl groups is 1. The van der Waals surface area contributed by atoms with Gasteiger partial charge in [0.15, 0.2) is 5.96 Å². The lowest BCUT2D eigenvalue weighted by Crippen LogP contribution is -2.61. The quantitative estimate of drug-likeness (QED) is 0.0292. The number of carbonyl (C=O) groups excluding carboxylic acids is 5. The number of aliphatic carboxylic acids is 2. The largest absolute Gasteiger partial charge is 0.508 e. The van der Waals surface area contributed by atoms with Gasteiger partial charge in [-0.1, -0.05) is 62.7 Å². The van der Waals surface area contributed by atoms with Crippen molar-refractivity contribution in [1.82, 2.24) is 26.6 Å². The Hall–Kier alpha value is -6.28. The highest BCUT2D eigenvalue weighted by Gasteiger charge is 2.35. The number of aromatic hydroxyl groups is 1. The first-order valence-electron chi connectivity index (χ1n) is 18.7. The zero-order chi connectivity index (χ0) is 43.4. The van der Waals surface area contributed by atoms with Gasteiger partial charge in [-0.15, -0.1) is 0 Å². The number of amides is 5. The minimum Gasteiger partial charge on any atom is -0.508 e. The Labute approximate surface area is 335 Å². The lowest BCUT2D eigenvalue weighted by molar-refractivity contribution is -0.143. The van der Waals surface area contributed by atoms with Crippen molar-refractivity contribution in [2.75, 3.05) is 13.2 Å². The Balaban J connectivity index is 2.35. The summed E-state index contributed by atoms with van der Waals surface area (Å²) in [4.78, 5) is 94.6. The minimum atomic E-state index is -1.60. The molecule has 2 aromatic carbocycles. The number of phenols is 1. The molecule has 2 rings (SSSR count). The summed E-state index contributed by atoms with van der Waals surface area (Å²) in [7, 11) is 0. The topological polar surface area (TPSA) is 351 Å². The Bertz CT molecular complexity index is 1720. The number of nitrogens with two attached hydrogens (primary N) is 3. The number of carboxylic acid groups (broad SMARTS) is 2. The van der Waals surface area contributed by atoms with Gasteiger partial charge in [-0.2, -0.15) is 0 Å². The molecule has 2 aromatic rings. The number of carboxylic acids is 2. The number of nitrogens with one attached hydrogen (secondary N) is 5. The van der Waals surface area contributed by atoms with Crippen LogP contribution in [0.15, 0.2) is 59.6 Å². The van der Waals surface area contributed by atoms with Crippen LogP contribution in [0.1, 0.15) is 57.1 Å². The molecule has 0 aliphatic heterocycles. The first kappa shape index (κ1) is 47.9. The molecule has 20 heteroatoms. The molecule has 0 saturated heterocycles. The predicted octanol–water partition coefficient (Wildman–Crippen LogP) is -2.03. The average molecular weight is 814 g/mol. The minimum absolute atomic E-state index is 0.0719. The molecule has 0 fully saturated rings. The fourth-order valence-corrected chi connectivity index (χ4v) is 5.55. The third kappa shape index (κ3) is 16.8. The molecular formula is C38H55N9O11. The van der Waals surface area contributed by atoms with Crippen LogP contribution in [0.4, 0.5) is 0 Å². The van der Waals surface area contributed by atoms with Gasteiger partial charge < -0.3 is 64.2 Å². The summed E-state index contributed by atoms with van der Waals surface area (Å²) in [5.74, 6) is -7.82. The van der Waals surface area contributed by atoms with E-state index < -0.39 is 103 Å². The van der Waals surface area contributed by atoms with E-state index >= 15 is 0 Å². The SMILES string of the molecule is CC[C@H](C)[C@H](NC(=O)[C@H](Cc1ccccc1)NC(=O)[C@H](CO)NC(=O)[C@@H](N)CCCN=C(N)N)C(=O)N[C@@H](Cc1ccc(O)cc1)C(=O)N[C@@H](CCC(=O)O)C(=O)O. The van der Waals surface area contributed by atoms with Crippen molar-refractivity contribution in [3.63, 3.8) is 0 Å². The van der Waals surface area contributed by atoms with E-state index in [9.17, 15) is 48.9 Å². The smallest absolute Gasteiger partial charge is 0.326 e. The average Bonchev–Trinajstić information content (AvgIpc) is 3.18. The lowest BCUT2D eigenvalue weighted by Gasteiger charge is -2.29. The van der Waals surface area contributed by atoms with Crippen molar-refractivity contribution < 1.29 is 54.0 Å². The van der Waals surface area contributed by atoms with Gasteiger partial charge in [-0.05, 0) is 48.4 Å². The molecule has 0 aliphatic rings. The van der Waals surface area contributed by atoms with Crippen LogP contribution in [0, 0.1) is 5.92 Å². The van der Waals surface area contributed by atoms with Crippen LogP contribution in [0.25, 0.3) is 0 Å². The van der Waals surface area contributed by atoms with Gasteiger partial charge in [0.25, 0.3) is 0 Å². The number of benzene rings is 2. The third-order valence-corrected chi connectivity index (χ3v) is 9.10. The van der Waals surface area contributed by atoms with E-state index in [1.54, 1.807) is 44.2 Å². The second kappa shape index (κ2) is 24.4. The summed E-state index contributed by atoms with van der Waals surface area (Å²) >= 11 is 0. The maximum atomic E-state index is 14.0. The van der Waals surface area contributed by atoms with Crippen LogP contribution in [0.3, 0.4) is 0 Å². The Kier molecular flexibility index (Phi) is 20.1. The molecule has 0 bridgehead atoms. The fraction of sp³-hybridized carbons (Fsp3) is 0.474. The zero-order valence-corrected chi connectivity index (χ0v) is 32.4. The second-order valence-corrected chi connectivity index (χ2v) is 13.7. The monoisotopic (exact) mass is 813 g/mol. The first-order chi connectivity index (χ1) is 27.4. The fourth-order valence-electron chi connectivity index (χ4n) is 5.55. The molecule has 58 heavy (non-hydrogen) atoms. The third-order valence-electron chi connectivity index (χ3n) is 9.10. The summed E-state index contributed by atoms with van der Waals surface area (Å²) in [6.07, 6.45) is -0.411. The Morgan fingerprint density at radius 1 is 0.690 bits per heavy atom. The maximum Gasteiger partial charge on any atom is 0.326 e. The highest BCUT2D eigenvalue weighted by molar-refractivity contribution is 5.96. The number of hydrogen-bond donors (Lipinski definition) is 12. The first-order valence-corrected chi connectivity index (χ1v) is 18.7. The highest BCUT2D eigenvalue weighted by Crippen LogP contribution is 2.14. The number of carbonyl (C=O) groups is 7. The molecule has 7 atom stereocenters. The molecule has 15 N–H and O–H groups in total. The van der Waals surface area contributed by atoms with Crippen molar-refractivity contribution in [2.45, 2.75) is 95.0 Å². The van der Waals surface area contributed by atoms with Crippen LogP contribution >= 0.6 is 0 Å². The van der Waals surface area contributed by atoms with E-state index in [1.807, 2.05) is 0 Å². The lowest BCUT2D eigenvalue weighted by atomic mass is 9.96. The molecular weight excluding hydrogens is 758 g/mol. The van der Waals surface area contributed by atoms with E-state index in [1.165, 1.54) is 24.3 Å². The van der Waals surface area contributed by atoms with Crippen LogP contribution in [-0.2, 0) is 46.4 Å². The number of guanidine groups is 1. The van der Waals surface area contributed by atoms with Crippen LogP contribution < -0.4 is 43.8 Å². The van der Waals surface area contributed by atoms with Gasteiger partial charge in [0.05, 0.1) is 12.6 Å². The van der Waals surface area contributed by atoms with Crippen LogP contribution in [-0.4, -0.2) is 117 Å². The van der Waals surface area contributed by atoms with Crippen molar-refractivity contribution in [1.29, 1.82) is 0 Å². The van der Waals surface area contributed by atoms with E-state index in [2.05, 4.69) is 31.6 Å². The molecule has 0 aromatic heterocycles. The molecule has 0 saturated carbocycles. The molecule has 318 valence electrons. The maximum absolute atomic E-state index is 14.0. The number of rotatable bonds is 25. The van der Waals surface area contributed by atoms with Crippen molar-refractivity contribution in [3.05, 3.63) is 65.7 Å². The Morgan fingerprint density at radius 2 is 1.21 bits per heavy atom. The summed E-state index contributed by atoms with van der Waals surface area (Å²) in [6, 6.07) is 5.94. The van der Waals surface area contributed by atoms with Gasteiger partial charge in [0.2, 0.25) is 29.5 Å². The number of hydrogen-bond acceptors (Lipinski definition) is 11. The molecule has 0 aliphatic carbocycles. The normalized spacial score (nSPS) is 14.5.